The van der Waals surface area contributed by atoms with E-state index in [1.165, 1.54) is 12.1 Å². The van der Waals surface area contributed by atoms with Crippen LogP contribution < -0.4 is 0 Å². The van der Waals surface area contributed by atoms with Crippen LogP contribution in [0, 0.1) is 11.3 Å². The molecule has 0 N–H and O–H groups in total. The van der Waals surface area contributed by atoms with Gasteiger partial charge in [-0.2, -0.15) is 18.4 Å². The molecule has 19 heavy (non-hydrogen) atoms. The molecule has 0 radical (unpaired) electrons. The predicted molar refractivity (Wildman–Crippen MR) is 62.7 cm³/mol. The molecule has 0 fully saturated rings. The molecule has 0 aliphatic heterocycles. The number of aromatic nitrogens is 2. The van der Waals surface area contributed by atoms with E-state index in [1.807, 2.05) is 6.92 Å². The van der Waals surface area contributed by atoms with Gasteiger partial charge in [0, 0.05) is 24.5 Å². The molecular weight excluding hydrogens is 255 g/mol. The third kappa shape index (κ3) is 2.45. The van der Waals surface area contributed by atoms with Crippen molar-refractivity contribution >= 4 is 0 Å². The van der Waals surface area contributed by atoms with Crippen LogP contribution in [-0.4, -0.2) is 9.55 Å². The fourth-order valence-electron chi connectivity index (χ4n) is 1.85. The van der Waals surface area contributed by atoms with Gasteiger partial charge in [0.2, 0.25) is 0 Å². The lowest BCUT2D eigenvalue weighted by Crippen LogP contribution is -2.09. The molecular formula is C13H10F3N3. The molecule has 98 valence electrons. The van der Waals surface area contributed by atoms with Gasteiger partial charge in [-0.1, -0.05) is 6.92 Å². The molecule has 0 aliphatic rings. The summed E-state index contributed by atoms with van der Waals surface area (Å²) < 4.78 is 39.7. The van der Waals surface area contributed by atoms with Crippen LogP contribution in [0.4, 0.5) is 13.2 Å². The van der Waals surface area contributed by atoms with Crippen molar-refractivity contribution in [3.05, 3.63) is 47.5 Å². The highest BCUT2D eigenvalue weighted by molar-refractivity contribution is 5.48. The van der Waals surface area contributed by atoms with E-state index >= 15 is 0 Å². The average molecular weight is 265 g/mol. The maximum atomic E-state index is 12.7. The number of benzene rings is 1. The van der Waals surface area contributed by atoms with Crippen molar-refractivity contribution in [1.29, 1.82) is 5.26 Å². The van der Waals surface area contributed by atoms with Gasteiger partial charge in [0.25, 0.3) is 0 Å². The van der Waals surface area contributed by atoms with Crippen LogP contribution in [0.3, 0.4) is 0 Å². The van der Waals surface area contributed by atoms with Gasteiger partial charge < -0.3 is 4.57 Å². The highest BCUT2D eigenvalue weighted by Crippen LogP contribution is 2.32. The molecule has 1 aromatic carbocycles. The Morgan fingerprint density at radius 2 is 2.11 bits per heavy atom. The third-order valence-electron chi connectivity index (χ3n) is 2.74. The maximum Gasteiger partial charge on any atom is 0.417 e. The minimum atomic E-state index is -4.52. The van der Waals surface area contributed by atoms with Gasteiger partial charge in [-0.05, 0) is 18.2 Å². The van der Waals surface area contributed by atoms with Crippen molar-refractivity contribution in [2.24, 2.45) is 0 Å². The molecule has 2 aromatic rings. The molecule has 0 spiro atoms. The van der Waals surface area contributed by atoms with Gasteiger partial charge >= 0.3 is 6.18 Å². The number of halogens is 3. The first kappa shape index (κ1) is 13.1. The van der Waals surface area contributed by atoms with E-state index in [0.29, 0.717) is 12.1 Å². The van der Waals surface area contributed by atoms with Crippen molar-refractivity contribution < 1.29 is 13.2 Å². The fraction of sp³-hybridized carbons (Fsp3) is 0.231. The molecule has 3 nitrogen and oxygen atoms in total. The van der Waals surface area contributed by atoms with Gasteiger partial charge in [0.05, 0.1) is 17.2 Å². The lowest BCUT2D eigenvalue weighted by molar-refractivity contribution is -0.137. The summed E-state index contributed by atoms with van der Waals surface area (Å²) in [5.41, 5.74) is -0.809. The molecule has 2 rings (SSSR count). The summed E-state index contributed by atoms with van der Waals surface area (Å²) in [6.45, 7) is 1.90. The summed E-state index contributed by atoms with van der Waals surface area (Å²) in [6.07, 6.45) is -0.646. The molecule has 0 saturated heterocycles. The number of nitrogens with zero attached hydrogens (tertiary/aromatic N) is 3. The molecule has 0 saturated carbocycles. The number of hydrogen-bond acceptors (Lipinski definition) is 2. The topological polar surface area (TPSA) is 41.6 Å². The summed E-state index contributed by atoms with van der Waals surface area (Å²) in [7, 11) is 0. The standard InChI is InChI=1S/C13H10F3N3/c1-2-12-18-5-6-19(12)10-3-4-11(13(14,15)16)9(7-10)8-17/h3-7H,2H2,1H3. The molecule has 0 unspecified atom stereocenters. The van der Waals surface area contributed by atoms with Gasteiger partial charge in [-0.15, -0.1) is 0 Å². The lowest BCUT2D eigenvalue weighted by Gasteiger charge is -2.11. The number of aryl methyl sites for hydroxylation is 1. The fourth-order valence-corrected chi connectivity index (χ4v) is 1.85. The Morgan fingerprint density at radius 1 is 1.37 bits per heavy atom. The molecule has 1 aromatic heterocycles. The van der Waals surface area contributed by atoms with E-state index in [9.17, 15) is 13.2 Å². The number of hydrogen-bond donors (Lipinski definition) is 0. The quantitative estimate of drug-likeness (QED) is 0.835. The maximum absolute atomic E-state index is 12.7. The molecule has 0 amide bonds. The van der Waals surface area contributed by atoms with E-state index in [2.05, 4.69) is 4.98 Å². The highest BCUT2D eigenvalue weighted by Gasteiger charge is 2.33. The first-order valence-electron chi connectivity index (χ1n) is 5.61. The first-order valence-corrected chi connectivity index (χ1v) is 5.61. The molecule has 1 heterocycles. The molecule has 6 heteroatoms. The van der Waals surface area contributed by atoms with Crippen molar-refractivity contribution in [1.82, 2.24) is 9.55 Å². The largest absolute Gasteiger partial charge is 0.417 e. The normalized spacial score (nSPS) is 11.3. The summed E-state index contributed by atoms with van der Waals surface area (Å²) in [4.78, 5) is 4.10. The molecule has 0 aliphatic carbocycles. The van der Waals surface area contributed by atoms with Gasteiger partial charge in [0.15, 0.2) is 0 Å². The lowest BCUT2D eigenvalue weighted by atomic mass is 10.1. The second kappa shape index (κ2) is 4.76. The second-order valence-corrected chi connectivity index (χ2v) is 3.91. The zero-order valence-electron chi connectivity index (χ0n) is 10.1. The molecule has 0 bridgehead atoms. The van der Waals surface area contributed by atoms with Crippen molar-refractivity contribution in [2.75, 3.05) is 0 Å². The van der Waals surface area contributed by atoms with Crippen LogP contribution in [0.1, 0.15) is 23.9 Å². The van der Waals surface area contributed by atoms with Crippen molar-refractivity contribution in [3.8, 4) is 11.8 Å². The first-order chi connectivity index (χ1) is 8.97. The smallest absolute Gasteiger partial charge is 0.304 e. The van der Waals surface area contributed by atoms with Crippen LogP contribution in [0.5, 0.6) is 0 Å². The summed E-state index contributed by atoms with van der Waals surface area (Å²) in [5, 5.41) is 8.86. The summed E-state index contributed by atoms with van der Waals surface area (Å²) in [5.74, 6) is 0.726. The van der Waals surface area contributed by atoms with Crippen LogP contribution in [0.25, 0.3) is 5.69 Å². The number of rotatable bonds is 2. The van der Waals surface area contributed by atoms with E-state index in [0.717, 1.165) is 11.9 Å². The second-order valence-electron chi connectivity index (χ2n) is 3.91. The molecule has 0 atom stereocenters. The Morgan fingerprint density at radius 3 is 2.68 bits per heavy atom. The Bertz CT molecular complexity index is 635. The van der Waals surface area contributed by atoms with E-state index in [-0.39, 0.29) is 5.56 Å². The van der Waals surface area contributed by atoms with E-state index in [4.69, 9.17) is 5.26 Å². The van der Waals surface area contributed by atoms with Crippen LogP contribution >= 0.6 is 0 Å². The predicted octanol–water partition coefficient (Wildman–Crippen LogP) is 3.33. The van der Waals surface area contributed by atoms with Gasteiger partial charge in [-0.3, -0.25) is 0 Å². The zero-order valence-corrected chi connectivity index (χ0v) is 10.1. The number of nitriles is 1. The summed E-state index contributed by atoms with van der Waals surface area (Å²) >= 11 is 0. The number of alkyl halides is 3. The van der Waals surface area contributed by atoms with E-state index in [1.54, 1.807) is 23.0 Å². The number of imidazole rings is 1. The Balaban J connectivity index is 2.55. The van der Waals surface area contributed by atoms with Crippen LogP contribution in [-0.2, 0) is 12.6 Å². The SMILES string of the molecule is CCc1nccn1-c1ccc(C(F)(F)F)c(C#N)c1. The third-order valence-corrected chi connectivity index (χ3v) is 2.74. The zero-order chi connectivity index (χ0) is 14.0. The minimum Gasteiger partial charge on any atom is -0.304 e. The Labute approximate surface area is 107 Å². The monoisotopic (exact) mass is 265 g/mol. The van der Waals surface area contributed by atoms with E-state index < -0.39 is 11.7 Å². The van der Waals surface area contributed by atoms with Gasteiger partial charge in [-0.25, -0.2) is 4.98 Å². The van der Waals surface area contributed by atoms with Crippen LogP contribution in [0.2, 0.25) is 0 Å². The van der Waals surface area contributed by atoms with Crippen LogP contribution in [0.15, 0.2) is 30.6 Å². The Hall–Kier alpha value is -2.29. The summed E-state index contributed by atoms with van der Waals surface area (Å²) in [6, 6.07) is 5.08. The van der Waals surface area contributed by atoms with Crippen molar-refractivity contribution in [3.63, 3.8) is 0 Å². The van der Waals surface area contributed by atoms with Crippen molar-refractivity contribution in [2.45, 2.75) is 19.5 Å². The Kier molecular flexibility index (Phi) is 3.30. The minimum absolute atomic E-state index is 0.388. The average Bonchev–Trinajstić information content (AvgIpc) is 2.85. The highest BCUT2D eigenvalue weighted by atomic mass is 19.4. The van der Waals surface area contributed by atoms with Gasteiger partial charge in [0.1, 0.15) is 5.82 Å².